The first-order valence-corrected chi connectivity index (χ1v) is 7.91. The molecule has 22 heavy (non-hydrogen) atoms. The van der Waals surface area contributed by atoms with Crippen molar-refractivity contribution in [3.8, 4) is 0 Å². The molecule has 1 aromatic rings. The van der Waals surface area contributed by atoms with Crippen molar-refractivity contribution in [1.29, 1.82) is 0 Å². The van der Waals surface area contributed by atoms with E-state index in [4.69, 9.17) is 0 Å². The topological polar surface area (TPSA) is 64.6 Å². The minimum atomic E-state index is -0.153. The molecule has 0 spiro atoms. The predicted octanol–water partition coefficient (Wildman–Crippen LogP) is 1.58. The molecular weight excluding hydrogens is 278 g/mol. The number of likely N-dealkylation sites (N-methyl/N-ethyl adjacent to an activating group) is 1. The van der Waals surface area contributed by atoms with Gasteiger partial charge in [0.15, 0.2) is 0 Å². The summed E-state index contributed by atoms with van der Waals surface area (Å²) in [6.07, 6.45) is 2.00. The lowest BCUT2D eigenvalue weighted by Crippen LogP contribution is -2.45. The molecule has 1 unspecified atom stereocenters. The van der Waals surface area contributed by atoms with Gasteiger partial charge in [-0.05, 0) is 32.4 Å². The van der Waals surface area contributed by atoms with Gasteiger partial charge in [-0.25, -0.2) is 4.79 Å². The number of rotatable bonds is 8. The van der Waals surface area contributed by atoms with Crippen LogP contribution >= 0.6 is 0 Å². The van der Waals surface area contributed by atoms with Gasteiger partial charge in [-0.15, -0.1) is 0 Å². The molecule has 1 atom stereocenters. The summed E-state index contributed by atoms with van der Waals surface area (Å²) < 4.78 is 0. The minimum absolute atomic E-state index is 0.0486. The standard InChI is InChI=1S/C17H27N3O2/c1-14(20(2)11-15-6-4-3-5-7-15)10-18-16(22)19-12-17(13-21)8-9-17/h3-7,14,21H,8-13H2,1-2H3,(H2,18,19,22). The van der Waals surface area contributed by atoms with E-state index in [9.17, 15) is 9.90 Å². The van der Waals surface area contributed by atoms with Crippen LogP contribution in [0.2, 0.25) is 0 Å². The van der Waals surface area contributed by atoms with Gasteiger partial charge in [0.05, 0.1) is 6.61 Å². The molecule has 3 N–H and O–H groups in total. The Hall–Kier alpha value is -1.59. The van der Waals surface area contributed by atoms with Gasteiger partial charge in [0.1, 0.15) is 0 Å². The van der Waals surface area contributed by atoms with E-state index < -0.39 is 0 Å². The van der Waals surface area contributed by atoms with E-state index in [1.807, 2.05) is 18.2 Å². The van der Waals surface area contributed by atoms with Crippen LogP contribution in [0, 0.1) is 5.41 Å². The zero-order valence-corrected chi connectivity index (χ0v) is 13.5. The van der Waals surface area contributed by atoms with E-state index >= 15 is 0 Å². The monoisotopic (exact) mass is 305 g/mol. The first-order valence-electron chi connectivity index (χ1n) is 7.91. The van der Waals surface area contributed by atoms with Crippen molar-refractivity contribution in [3.63, 3.8) is 0 Å². The van der Waals surface area contributed by atoms with Crippen LogP contribution in [-0.2, 0) is 6.54 Å². The molecule has 0 aromatic heterocycles. The second-order valence-corrected chi connectivity index (χ2v) is 6.47. The van der Waals surface area contributed by atoms with Crippen molar-refractivity contribution in [2.24, 2.45) is 5.41 Å². The Morgan fingerprint density at radius 1 is 1.32 bits per heavy atom. The average molecular weight is 305 g/mol. The normalized spacial score (nSPS) is 17.1. The lowest BCUT2D eigenvalue weighted by molar-refractivity contribution is 0.200. The third kappa shape index (κ3) is 5.00. The fourth-order valence-corrected chi connectivity index (χ4v) is 2.32. The van der Waals surface area contributed by atoms with Crippen molar-refractivity contribution < 1.29 is 9.90 Å². The number of hydrogen-bond donors (Lipinski definition) is 3. The van der Waals surface area contributed by atoms with Crippen LogP contribution in [0.1, 0.15) is 25.3 Å². The molecule has 5 heteroatoms. The summed E-state index contributed by atoms with van der Waals surface area (Å²) in [5.41, 5.74) is 1.22. The molecule has 0 heterocycles. The van der Waals surface area contributed by atoms with Crippen molar-refractivity contribution in [1.82, 2.24) is 15.5 Å². The summed E-state index contributed by atoms with van der Waals surface area (Å²) in [6.45, 7) is 4.27. The zero-order chi connectivity index (χ0) is 16.0. The van der Waals surface area contributed by atoms with Gasteiger partial charge in [0.2, 0.25) is 0 Å². The number of benzene rings is 1. The molecule has 122 valence electrons. The van der Waals surface area contributed by atoms with E-state index in [0.717, 1.165) is 19.4 Å². The number of amides is 2. The minimum Gasteiger partial charge on any atom is -0.396 e. The van der Waals surface area contributed by atoms with Crippen LogP contribution in [0.5, 0.6) is 0 Å². The highest BCUT2D eigenvalue weighted by Gasteiger charge is 2.42. The SMILES string of the molecule is CC(CNC(=O)NCC1(CO)CC1)N(C)Cc1ccccc1. The smallest absolute Gasteiger partial charge is 0.314 e. The molecule has 5 nitrogen and oxygen atoms in total. The van der Waals surface area contributed by atoms with Crippen LogP contribution in [0.4, 0.5) is 4.79 Å². The van der Waals surface area contributed by atoms with Crippen molar-refractivity contribution in [3.05, 3.63) is 35.9 Å². The number of nitrogens with zero attached hydrogens (tertiary/aromatic N) is 1. The Morgan fingerprint density at radius 3 is 2.59 bits per heavy atom. The molecule has 2 amide bonds. The molecule has 1 aromatic carbocycles. The molecule has 1 aliphatic carbocycles. The summed E-state index contributed by atoms with van der Waals surface area (Å²) in [5.74, 6) is 0. The number of carbonyl (C=O) groups excluding carboxylic acids is 1. The molecule has 0 bridgehead atoms. The second kappa shape index (κ2) is 7.61. The van der Waals surface area contributed by atoms with Crippen molar-refractivity contribution in [2.45, 2.75) is 32.4 Å². The van der Waals surface area contributed by atoms with Crippen LogP contribution in [0.25, 0.3) is 0 Å². The summed E-state index contributed by atoms with van der Waals surface area (Å²) in [7, 11) is 2.06. The quantitative estimate of drug-likeness (QED) is 0.683. The number of aliphatic hydroxyl groups excluding tert-OH is 1. The molecule has 0 saturated heterocycles. The highest BCUT2D eigenvalue weighted by Crippen LogP contribution is 2.44. The number of urea groups is 1. The number of hydrogen-bond acceptors (Lipinski definition) is 3. The summed E-state index contributed by atoms with van der Waals surface area (Å²) in [5, 5.41) is 15.0. The third-order valence-corrected chi connectivity index (χ3v) is 4.50. The van der Waals surface area contributed by atoms with Crippen LogP contribution < -0.4 is 10.6 Å². The highest BCUT2D eigenvalue weighted by atomic mass is 16.3. The number of nitrogens with one attached hydrogen (secondary N) is 2. The molecule has 1 fully saturated rings. The Balaban J connectivity index is 1.65. The maximum Gasteiger partial charge on any atom is 0.314 e. The lowest BCUT2D eigenvalue weighted by Gasteiger charge is -2.25. The maximum atomic E-state index is 11.8. The number of aliphatic hydroxyl groups is 1. The van der Waals surface area contributed by atoms with Gasteiger partial charge in [-0.2, -0.15) is 0 Å². The van der Waals surface area contributed by atoms with E-state index in [2.05, 4.69) is 41.6 Å². The van der Waals surface area contributed by atoms with Gasteiger partial charge in [0.25, 0.3) is 0 Å². The molecule has 0 radical (unpaired) electrons. The van der Waals surface area contributed by atoms with Gasteiger partial charge >= 0.3 is 6.03 Å². The van der Waals surface area contributed by atoms with Gasteiger partial charge in [0, 0.05) is 31.1 Å². The van der Waals surface area contributed by atoms with E-state index in [1.54, 1.807) is 0 Å². The Kier molecular flexibility index (Phi) is 5.80. The van der Waals surface area contributed by atoms with E-state index in [-0.39, 0.29) is 24.1 Å². The van der Waals surface area contributed by atoms with Gasteiger partial charge < -0.3 is 15.7 Å². The number of carbonyl (C=O) groups is 1. The molecule has 1 aliphatic rings. The van der Waals surface area contributed by atoms with Crippen LogP contribution in [0.3, 0.4) is 0 Å². The van der Waals surface area contributed by atoms with Crippen LogP contribution in [0.15, 0.2) is 30.3 Å². The predicted molar refractivity (Wildman–Crippen MR) is 87.5 cm³/mol. The van der Waals surface area contributed by atoms with Crippen molar-refractivity contribution >= 4 is 6.03 Å². The first kappa shape index (κ1) is 16.8. The summed E-state index contributed by atoms with van der Waals surface area (Å²) >= 11 is 0. The lowest BCUT2D eigenvalue weighted by atomic mass is 10.1. The van der Waals surface area contributed by atoms with Crippen molar-refractivity contribution in [2.75, 3.05) is 26.7 Å². The molecule has 2 rings (SSSR count). The summed E-state index contributed by atoms with van der Waals surface area (Å²) in [4.78, 5) is 14.0. The Labute approximate surface area is 132 Å². The molecule has 1 saturated carbocycles. The fourth-order valence-electron chi connectivity index (χ4n) is 2.32. The molecule has 0 aliphatic heterocycles. The van der Waals surface area contributed by atoms with Crippen LogP contribution in [-0.4, -0.2) is 48.8 Å². The highest BCUT2D eigenvalue weighted by molar-refractivity contribution is 5.73. The largest absolute Gasteiger partial charge is 0.396 e. The summed E-state index contributed by atoms with van der Waals surface area (Å²) in [6, 6.07) is 10.4. The molecular formula is C17H27N3O2. The zero-order valence-electron chi connectivity index (χ0n) is 13.5. The van der Waals surface area contributed by atoms with Gasteiger partial charge in [-0.1, -0.05) is 30.3 Å². The Morgan fingerprint density at radius 2 is 2.00 bits per heavy atom. The van der Waals surface area contributed by atoms with E-state index in [0.29, 0.717) is 13.1 Å². The van der Waals surface area contributed by atoms with E-state index in [1.165, 1.54) is 5.56 Å². The third-order valence-electron chi connectivity index (χ3n) is 4.50. The Bertz CT molecular complexity index is 474. The fraction of sp³-hybridized carbons (Fsp3) is 0.588. The average Bonchev–Trinajstić information content (AvgIpc) is 3.32. The van der Waals surface area contributed by atoms with Gasteiger partial charge in [-0.3, -0.25) is 4.90 Å². The second-order valence-electron chi connectivity index (χ2n) is 6.47. The first-order chi connectivity index (χ1) is 10.5. The maximum absolute atomic E-state index is 11.8.